The minimum Gasteiger partial charge on any atom is -0.497 e. The van der Waals surface area contributed by atoms with Crippen molar-refractivity contribution in [3.8, 4) is 44.9 Å². The van der Waals surface area contributed by atoms with Crippen LogP contribution in [-0.2, 0) is 0 Å². The van der Waals surface area contributed by atoms with Crippen molar-refractivity contribution in [1.82, 2.24) is 0 Å². The lowest BCUT2D eigenvalue weighted by atomic mass is 10.0. The second-order valence-electron chi connectivity index (χ2n) is 6.45. The van der Waals surface area contributed by atoms with E-state index in [-0.39, 0.29) is 0 Å². The molecule has 0 fully saturated rings. The van der Waals surface area contributed by atoms with E-state index >= 15 is 0 Å². The highest BCUT2D eigenvalue weighted by molar-refractivity contribution is 7.99. The van der Waals surface area contributed by atoms with E-state index < -0.39 is 0 Å². The molecule has 0 spiro atoms. The third-order valence-electron chi connectivity index (χ3n) is 5.10. The highest BCUT2D eigenvalue weighted by Gasteiger charge is 2.22. The molecule has 0 bridgehead atoms. The topological polar surface area (TPSA) is 18.5 Å². The van der Waals surface area contributed by atoms with Gasteiger partial charge in [-0.2, -0.15) is 0 Å². The van der Waals surface area contributed by atoms with E-state index in [0.717, 1.165) is 11.5 Å². The van der Waals surface area contributed by atoms with E-state index in [1.54, 1.807) is 37.7 Å². The zero-order chi connectivity index (χ0) is 19.7. The molecule has 0 radical (unpaired) electrons. The molecule has 0 saturated carbocycles. The molecule has 0 heterocycles. The third-order valence-corrected chi connectivity index (χ3v) is 6.66. The number of ether oxygens (including phenoxy) is 2. The van der Waals surface area contributed by atoms with Crippen LogP contribution in [0.2, 0.25) is 0 Å². The van der Waals surface area contributed by atoms with Gasteiger partial charge >= 0.3 is 0 Å². The van der Waals surface area contributed by atoms with Gasteiger partial charge in [-0.1, -0.05) is 12.1 Å². The van der Waals surface area contributed by atoms with Gasteiger partial charge in [-0.15, -0.1) is 23.5 Å². The molecule has 2 nitrogen and oxygen atoms in total. The van der Waals surface area contributed by atoms with Crippen LogP contribution in [0.25, 0.3) is 33.4 Å². The number of thioether (sulfide) groups is 2. The molecule has 0 amide bonds. The van der Waals surface area contributed by atoms with Crippen molar-refractivity contribution in [3.63, 3.8) is 0 Å². The molecule has 142 valence electrons. The lowest BCUT2D eigenvalue weighted by Gasteiger charge is -2.03. The summed E-state index contributed by atoms with van der Waals surface area (Å²) in [4.78, 5) is 2.56. The van der Waals surface area contributed by atoms with Gasteiger partial charge in [0.05, 0.1) is 14.2 Å². The lowest BCUT2D eigenvalue weighted by molar-refractivity contribution is 0.415. The zero-order valence-corrected chi connectivity index (χ0v) is 18.0. The molecule has 0 saturated heterocycles. The summed E-state index contributed by atoms with van der Waals surface area (Å²) >= 11 is 3.56. The molecule has 0 aromatic carbocycles. The maximum Gasteiger partial charge on any atom is 0.118 e. The molecule has 0 atom stereocenters. The van der Waals surface area contributed by atoms with E-state index in [0.29, 0.717) is 0 Å². The van der Waals surface area contributed by atoms with Crippen LogP contribution >= 0.6 is 23.5 Å². The molecule has 0 unspecified atom stereocenters. The van der Waals surface area contributed by atoms with Gasteiger partial charge in [-0.25, -0.2) is 0 Å². The summed E-state index contributed by atoms with van der Waals surface area (Å²) in [6, 6.07) is 21.4. The third kappa shape index (κ3) is 3.21. The van der Waals surface area contributed by atoms with E-state index in [1.165, 1.54) is 43.2 Å². The molecule has 28 heavy (non-hydrogen) atoms. The number of fused-ring (bicyclic) bond motifs is 2. The Bertz CT molecular complexity index is 988. The lowest BCUT2D eigenvalue weighted by Crippen LogP contribution is -1.77. The fraction of sp³-hybridized carbons (Fsp3) is 0.167. The summed E-state index contributed by atoms with van der Waals surface area (Å²) in [6.45, 7) is 0. The number of rotatable bonds is 5. The van der Waals surface area contributed by atoms with Crippen LogP contribution in [0.5, 0.6) is 11.5 Å². The van der Waals surface area contributed by atoms with Gasteiger partial charge < -0.3 is 9.47 Å². The van der Waals surface area contributed by atoms with Crippen LogP contribution < -0.4 is 9.47 Å². The van der Waals surface area contributed by atoms with E-state index in [2.05, 4.69) is 48.9 Å². The van der Waals surface area contributed by atoms with Gasteiger partial charge in [0.25, 0.3) is 0 Å². The average Bonchev–Trinajstić information content (AvgIpc) is 3.05. The molecule has 4 aliphatic rings. The first-order valence-corrected chi connectivity index (χ1v) is 11.4. The van der Waals surface area contributed by atoms with Crippen molar-refractivity contribution < 1.29 is 9.47 Å². The molecule has 0 aliphatic heterocycles. The highest BCUT2D eigenvalue weighted by atomic mass is 32.2. The first kappa shape index (κ1) is 19.0. The largest absolute Gasteiger partial charge is 0.497 e. The average molecular weight is 407 g/mol. The van der Waals surface area contributed by atoms with Crippen LogP contribution in [0.1, 0.15) is 0 Å². The Kier molecular flexibility index (Phi) is 5.42. The summed E-state index contributed by atoms with van der Waals surface area (Å²) in [5.41, 5.74) is 7.50. The fourth-order valence-electron chi connectivity index (χ4n) is 3.66. The first-order chi connectivity index (χ1) is 13.7. The standard InChI is InChI=1S/C24H22O2S2/c1-25-15-5-9-17-19(11-7-15)23(27-3)13-21(17)22-14-24(28-4)20-12-8-16(26-2)6-10-18(20)22/h5-14H,1-4H3. The smallest absolute Gasteiger partial charge is 0.118 e. The molecular weight excluding hydrogens is 384 g/mol. The quantitative estimate of drug-likeness (QED) is 0.331. The molecule has 0 N–H and O–H groups in total. The Morgan fingerprint density at radius 2 is 0.857 bits per heavy atom. The van der Waals surface area contributed by atoms with Gasteiger partial charge in [0.15, 0.2) is 0 Å². The molecule has 0 aromatic heterocycles. The predicted molar refractivity (Wildman–Crippen MR) is 122 cm³/mol. The van der Waals surface area contributed by atoms with Crippen molar-refractivity contribution in [2.24, 2.45) is 0 Å². The molecular formula is C24H22O2S2. The number of methoxy groups -OCH3 is 2. The van der Waals surface area contributed by atoms with E-state index in [1.807, 2.05) is 24.3 Å². The molecule has 4 rings (SSSR count). The van der Waals surface area contributed by atoms with Crippen LogP contribution in [-0.4, -0.2) is 26.7 Å². The van der Waals surface area contributed by atoms with Crippen molar-refractivity contribution in [1.29, 1.82) is 0 Å². The predicted octanol–water partition coefficient (Wildman–Crippen LogP) is 7.02. The minimum atomic E-state index is 0.863. The monoisotopic (exact) mass is 406 g/mol. The van der Waals surface area contributed by atoms with Gasteiger partial charge in [0, 0.05) is 9.79 Å². The second kappa shape index (κ2) is 7.98. The Morgan fingerprint density at radius 3 is 1.18 bits per heavy atom. The number of hydrogen-bond donors (Lipinski definition) is 0. The van der Waals surface area contributed by atoms with Crippen LogP contribution in [0.4, 0.5) is 0 Å². The molecule has 0 aromatic rings. The maximum atomic E-state index is 5.44. The number of hydrogen-bond acceptors (Lipinski definition) is 4. The molecule has 4 heteroatoms. The Balaban J connectivity index is 1.99. The normalized spacial score (nSPS) is 11.1. The van der Waals surface area contributed by atoms with Crippen molar-refractivity contribution in [2.75, 3.05) is 26.7 Å². The highest BCUT2D eigenvalue weighted by Crippen LogP contribution is 2.49. The van der Waals surface area contributed by atoms with Crippen LogP contribution in [0.3, 0.4) is 0 Å². The van der Waals surface area contributed by atoms with Crippen LogP contribution in [0, 0.1) is 0 Å². The Labute approximate surface area is 174 Å². The summed E-state index contributed by atoms with van der Waals surface area (Å²) in [5, 5.41) is 0. The SMILES string of the molecule is COc1ccc2c(SC)cc(-c3cc(SC)c4ccc(OC)ccc3-4)c-2cc1. The van der Waals surface area contributed by atoms with Crippen molar-refractivity contribution >= 4 is 23.5 Å². The summed E-state index contributed by atoms with van der Waals surface area (Å²) in [5.74, 6) is 1.73. The summed E-state index contributed by atoms with van der Waals surface area (Å²) in [7, 11) is 3.42. The van der Waals surface area contributed by atoms with Crippen LogP contribution in [0.15, 0.2) is 70.5 Å². The minimum absolute atomic E-state index is 0.863. The zero-order valence-electron chi connectivity index (χ0n) is 16.4. The first-order valence-electron chi connectivity index (χ1n) is 9.00. The van der Waals surface area contributed by atoms with Gasteiger partial charge in [0.1, 0.15) is 11.5 Å². The second-order valence-corrected chi connectivity index (χ2v) is 8.15. The van der Waals surface area contributed by atoms with Gasteiger partial charge in [-0.05, 0) is 94.4 Å². The summed E-state index contributed by atoms with van der Waals surface area (Å²) in [6.07, 6.45) is 4.26. The fourth-order valence-corrected chi connectivity index (χ4v) is 4.93. The van der Waals surface area contributed by atoms with E-state index in [9.17, 15) is 0 Å². The Hall–Kier alpha value is -2.30. The Morgan fingerprint density at radius 1 is 0.500 bits per heavy atom. The maximum absolute atomic E-state index is 5.44. The van der Waals surface area contributed by atoms with Crippen molar-refractivity contribution in [3.05, 3.63) is 60.7 Å². The van der Waals surface area contributed by atoms with E-state index in [4.69, 9.17) is 9.47 Å². The molecule has 4 aliphatic carbocycles. The summed E-state index contributed by atoms with van der Waals surface area (Å²) < 4.78 is 10.9. The van der Waals surface area contributed by atoms with Crippen molar-refractivity contribution in [2.45, 2.75) is 9.79 Å². The van der Waals surface area contributed by atoms with Gasteiger partial charge in [0.2, 0.25) is 0 Å². The van der Waals surface area contributed by atoms with Gasteiger partial charge in [-0.3, -0.25) is 0 Å².